The Morgan fingerprint density at radius 2 is 1.42 bits per heavy atom. The molecule has 15 heteroatoms. The molecule has 0 aromatic heterocycles. The molecule has 0 radical (unpaired) electrons. The fraction of sp³-hybridized carbons (Fsp3) is 0.343. The Labute approximate surface area is 287 Å². The minimum Gasteiger partial charge on any atom is -0.489 e. The molecule has 0 unspecified atom stereocenters. The molecular weight excluding hydrogens is 652 g/mol. The van der Waals surface area contributed by atoms with Gasteiger partial charge in [-0.05, 0) is 35.9 Å². The first kappa shape index (κ1) is 37.2. The lowest BCUT2D eigenvalue weighted by atomic mass is 9.93. The van der Waals surface area contributed by atoms with Crippen LogP contribution in [0.5, 0.6) is 5.75 Å². The highest BCUT2D eigenvalue weighted by atomic mass is 16.5. The minimum atomic E-state index is -1.23. The van der Waals surface area contributed by atoms with Gasteiger partial charge >= 0.3 is 23.9 Å². The fourth-order valence-electron chi connectivity index (χ4n) is 5.44. The maximum absolute atomic E-state index is 11.7. The predicted octanol–water partition coefficient (Wildman–Crippen LogP) is 2.14. The predicted molar refractivity (Wildman–Crippen MR) is 185 cm³/mol. The van der Waals surface area contributed by atoms with E-state index in [1.165, 1.54) is 9.80 Å². The summed E-state index contributed by atoms with van der Waals surface area (Å²) in [6.07, 6.45) is 0. The van der Waals surface area contributed by atoms with Gasteiger partial charge in [-0.1, -0.05) is 6.07 Å². The van der Waals surface area contributed by atoms with E-state index in [-0.39, 0.29) is 37.8 Å². The number of benzene rings is 3. The van der Waals surface area contributed by atoms with Gasteiger partial charge in [0, 0.05) is 55.0 Å². The van der Waals surface area contributed by atoms with E-state index in [9.17, 15) is 29.4 Å². The molecule has 0 spiro atoms. The Morgan fingerprint density at radius 3 is 2.02 bits per heavy atom. The van der Waals surface area contributed by atoms with Crippen molar-refractivity contribution in [1.82, 2.24) is 9.48 Å². The average Bonchev–Trinajstić information content (AvgIpc) is 3.03. The van der Waals surface area contributed by atoms with E-state index in [1.54, 1.807) is 18.2 Å². The lowest BCUT2D eigenvalue weighted by molar-refractivity contribution is -0.142. The van der Waals surface area contributed by atoms with Crippen molar-refractivity contribution in [3.8, 4) is 28.2 Å². The molecule has 1 heterocycles. The number of aliphatic carboxylic acids is 4. The summed E-state index contributed by atoms with van der Waals surface area (Å²) in [5.74, 6) is -3.95. The zero-order chi connectivity index (χ0) is 36.5. The molecule has 4 rings (SSSR count). The summed E-state index contributed by atoms with van der Waals surface area (Å²) in [6, 6.07) is 16.9. The second-order valence-corrected chi connectivity index (χ2v) is 11.9. The first-order valence-electron chi connectivity index (χ1n) is 15.6. The smallest absolute Gasteiger partial charge is 0.323 e. The first-order valence-corrected chi connectivity index (χ1v) is 15.6. The van der Waals surface area contributed by atoms with E-state index in [4.69, 9.17) is 24.1 Å². The maximum atomic E-state index is 11.7. The van der Waals surface area contributed by atoms with Crippen molar-refractivity contribution in [2.75, 3.05) is 90.5 Å². The minimum absolute atomic E-state index is 0.0201. The molecule has 50 heavy (non-hydrogen) atoms. The largest absolute Gasteiger partial charge is 0.489 e. The third kappa shape index (κ3) is 9.70. The summed E-state index contributed by atoms with van der Waals surface area (Å²) >= 11 is 0. The number of ether oxygens (including phenoxy) is 2. The Balaban J connectivity index is 1.75. The molecule has 2 aromatic carbocycles. The van der Waals surface area contributed by atoms with Crippen molar-refractivity contribution < 1.29 is 53.5 Å². The Hall–Kier alpha value is -5.67. The van der Waals surface area contributed by atoms with Gasteiger partial charge in [0.15, 0.2) is 0 Å². The molecule has 4 N–H and O–H groups in total. The zero-order valence-corrected chi connectivity index (χ0v) is 28.3. The van der Waals surface area contributed by atoms with Gasteiger partial charge in [-0.25, -0.2) is 4.58 Å². The van der Waals surface area contributed by atoms with Crippen LogP contribution in [-0.4, -0.2) is 130 Å². The van der Waals surface area contributed by atoms with Crippen LogP contribution in [0.3, 0.4) is 0 Å². The molecule has 0 saturated heterocycles. The summed E-state index contributed by atoms with van der Waals surface area (Å²) < 4.78 is 20.1. The van der Waals surface area contributed by atoms with Crippen LogP contribution >= 0.6 is 0 Å². The van der Waals surface area contributed by atoms with Crippen molar-refractivity contribution in [3.63, 3.8) is 0 Å². The van der Waals surface area contributed by atoms with Crippen LogP contribution in [0.1, 0.15) is 0 Å². The SMILES string of the molecule is CN(C)c1ccc2c(-c3ccc(N(CC(=O)O)CC(=O)O)c(OCCOCCN(CC(=O)O)CC(=O)O)c3)c3ccc(=[N+](C)C)cc-3oc2c1. The number of hydrogen-bond donors (Lipinski definition) is 4. The lowest BCUT2D eigenvalue weighted by Gasteiger charge is -2.25. The zero-order valence-electron chi connectivity index (χ0n) is 28.3. The fourth-order valence-corrected chi connectivity index (χ4v) is 5.44. The van der Waals surface area contributed by atoms with Gasteiger partial charge in [-0.3, -0.25) is 24.1 Å². The summed E-state index contributed by atoms with van der Waals surface area (Å²) in [5, 5.41) is 39.0. The summed E-state index contributed by atoms with van der Waals surface area (Å²) in [7, 11) is 7.73. The Bertz CT molecular complexity index is 1880. The molecule has 1 aliphatic heterocycles. The Kier molecular flexibility index (Phi) is 12.4. The highest BCUT2D eigenvalue weighted by molar-refractivity contribution is 6.03. The van der Waals surface area contributed by atoms with Crippen LogP contribution < -0.4 is 24.5 Å². The van der Waals surface area contributed by atoms with Gasteiger partial charge < -0.3 is 44.1 Å². The topological polar surface area (TPSA) is 194 Å². The molecule has 0 fully saturated rings. The number of carboxylic acid groups (broad SMARTS) is 4. The van der Waals surface area contributed by atoms with Crippen LogP contribution in [0.4, 0.5) is 11.4 Å². The van der Waals surface area contributed by atoms with Gasteiger partial charge in [0.1, 0.15) is 50.9 Å². The van der Waals surface area contributed by atoms with Gasteiger partial charge in [0.2, 0.25) is 5.36 Å². The number of rotatable bonds is 18. The molecule has 0 bridgehead atoms. The Morgan fingerprint density at radius 1 is 0.760 bits per heavy atom. The highest BCUT2D eigenvalue weighted by Gasteiger charge is 2.23. The first-order chi connectivity index (χ1) is 23.7. The summed E-state index contributed by atoms with van der Waals surface area (Å²) in [4.78, 5) is 50.0. The van der Waals surface area contributed by atoms with Crippen LogP contribution in [0.15, 0.2) is 59.0 Å². The molecule has 266 valence electrons. The van der Waals surface area contributed by atoms with E-state index in [2.05, 4.69) is 0 Å². The van der Waals surface area contributed by atoms with Crippen LogP contribution in [0.2, 0.25) is 0 Å². The van der Waals surface area contributed by atoms with Gasteiger partial charge in [0.05, 0.1) is 38.1 Å². The maximum Gasteiger partial charge on any atom is 0.323 e. The second-order valence-electron chi connectivity index (χ2n) is 11.9. The third-order valence-corrected chi connectivity index (χ3v) is 7.72. The van der Waals surface area contributed by atoms with Crippen LogP contribution in [0, 0.1) is 0 Å². The molecule has 0 atom stereocenters. The van der Waals surface area contributed by atoms with E-state index in [0.717, 1.165) is 27.6 Å². The van der Waals surface area contributed by atoms with E-state index in [0.29, 0.717) is 16.9 Å². The molecule has 2 aliphatic rings. The van der Waals surface area contributed by atoms with E-state index < -0.39 is 50.1 Å². The number of hydrogen-bond acceptors (Lipinski definition) is 10. The molecule has 0 amide bonds. The van der Waals surface area contributed by atoms with Crippen molar-refractivity contribution in [2.45, 2.75) is 0 Å². The standard InChI is InChI=1S/C35H40N4O11/c1-36(2)23-6-8-25-28(16-23)50-29-17-24(37(3)4)7-9-26(29)35(25)22-5-10-27(39(20-33(44)45)21-34(46)47)30(15-22)49-14-13-48-12-11-38(18-31(40)41)19-32(42)43/h5-10,15-17H,11-14,18-21H2,1-4H3,(H3-,40,41,42,43,44,45,46,47)/p+1. The molecule has 1 aliphatic carbocycles. The van der Waals surface area contributed by atoms with Crippen molar-refractivity contribution >= 4 is 46.2 Å². The normalized spacial score (nSPS) is 11.1. The third-order valence-electron chi connectivity index (χ3n) is 7.72. The molecular formula is C35H41N4O11+. The van der Waals surface area contributed by atoms with Crippen molar-refractivity contribution in [1.29, 1.82) is 0 Å². The summed E-state index contributed by atoms with van der Waals surface area (Å²) in [5.41, 5.74) is 4.14. The monoisotopic (exact) mass is 693 g/mol. The molecule has 15 nitrogen and oxygen atoms in total. The highest BCUT2D eigenvalue weighted by Crippen LogP contribution is 2.43. The number of fused-ring (bicyclic) bond motifs is 2. The van der Waals surface area contributed by atoms with Gasteiger partial charge in [-0.2, -0.15) is 0 Å². The quantitative estimate of drug-likeness (QED) is 0.0673. The average molecular weight is 694 g/mol. The molecule has 0 saturated carbocycles. The van der Waals surface area contributed by atoms with Gasteiger partial charge in [-0.15, -0.1) is 0 Å². The number of carbonyl (C=O) groups is 4. The second kappa shape index (κ2) is 16.6. The summed E-state index contributed by atoms with van der Waals surface area (Å²) in [6.45, 7) is -2.07. The lowest BCUT2D eigenvalue weighted by Crippen LogP contribution is -2.37. The van der Waals surface area contributed by atoms with Gasteiger partial charge in [0.25, 0.3) is 0 Å². The van der Waals surface area contributed by atoms with Crippen LogP contribution in [0.25, 0.3) is 33.4 Å². The van der Waals surface area contributed by atoms with Crippen molar-refractivity contribution in [2.24, 2.45) is 0 Å². The van der Waals surface area contributed by atoms with E-state index >= 15 is 0 Å². The number of anilines is 2. The number of nitrogens with zero attached hydrogens (tertiary/aromatic N) is 4. The van der Waals surface area contributed by atoms with E-state index in [1.807, 2.05) is 74.1 Å². The van der Waals surface area contributed by atoms with Crippen molar-refractivity contribution in [3.05, 3.63) is 60.0 Å². The molecule has 2 aromatic rings. The van der Waals surface area contributed by atoms with Crippen LogP contribution in [-0.2, 0) is 23.9 Å². The number of carboxylic acids is 4.